The Morgan fingerprint density at radius 1 is 1.22 bits per heavy atom. The Morgan fingerprint density at radius 2 is 1.96 bits per heavy atom. The van der Waals surface area contributed by atoms with Gasteiger partial charge in [0.15, 0.2) is 23.7 Å². The molecule has 0 aliphatic heterocycles. The van der Waals surface area contributed by atoms with Crippen molar-refractivity contribution in [1.82, 2.24) is 9.36 Å². The van der Waals surface area contributed by atoms with Crippen LogP contribution in [0.3, 0.4) is 0 Å². The zero-order valence-electron chi connectivity index (χ0n) is 11.6. The number of nitrogens with zero attached hydrogens (tertiary/aromatic N) is 2. The van der Waals surface area contributed by atoms with Gasteiger partial charge in [0.1, 0.15) is 5.01 Å². The summed E-state index contributed by atoms with van der Waals surface area (Å²) in [5, 5.41) is 15.4. The summed E-state index contributed by atoms with van der Waals surface area (Å²) < 4.78 is 17.9. The molecule has 3 aromatic rings. The van der Waals surface area contributed by atoms with E-state index in [0.29, 0.717) is 22.7 Å². The van der Waals surface area contributed by atoms with Crippen LogP contribution in [-0.2, 0) is 0 Å². The standard InChI is InChI=1S/C15H10FN3O2S2/c16-12-6-9(5-10(7-20)13(12)21)15-18-14(19-23-15)8-1-3-11(22-17)4-2-8/h1-7,21H,17H2. The Bertz CT molecular complexity index is 866. The minimum absolute atomic E-state index is 0.124. The van der Waals surface area contributed by atoms with Crippen LogP contribution in [0.5, 0.6) is 5.75 Å². The van der Waals surface area contributed by atoms with Crippen LogP contribution < -0.4 is 5.14 Å². The lowest BCUT2D eigenvalue weighted by Crippen LogP contribution is -1.89. The van der Waals surface area contributed by atoms with Crippen LogP contribution in [0.25, 0.3) is 22.0 Å². The number of carbonyl (C=O) groups excluding carboxylic acids is 1. The molecule has 0 fully saturated rings. The van der Waals surface area contributed by atoms with Gasteiger partial charge in [0.05, 0.1) is 5.56 Å². The molecule has 116 valence electrons. The number of aromatic nitrogens is 2. The fourth-order valence-corrected chi connectivity index (χ4v) is 2.94. The van der Waals surface area contributed by atoms with E-state index < -0.39 is 11.6 Å². The summed E-state index contributed by atoms with van der Waals surface area (Å²) >= 11 is 2.23. The third kappa shape index (κ3) is 3.09. The van der Waals surface area contributed by atoms with E-state index in [-0.39, 0.29) is 5.56 Å². The van der Waals surface area contributed by atoms with Crippen molar-refractivity contribution in [2.75, 3.05) is 0 Å². The highest BCUT2D eigenvalue weighted by molar-refractivity contribution is 7.97. The van der Waals surface area contributed by atoms with Gasteiger partial charge >= 0.3 is 0 Å². The molecule has 0 saturated heterocycles. The third-order valence-electron chi connectivity index (χ3n) is 3.14. The zero-order chi connectivity index (χ0) is 16.4. The number of aldehydes is 1. The van der Waals surface area contributed by atoms with E-state index in [1.54, 1.807) is 0 Å². The summed E-state index contributed by atoms with van der Waals surface area (Å²) in [6.45, 7) is 0. The monoisotopic (exact) mass is 347 g/mol. The predicted molar refractivity (Wildman–Crippen MR) is 87.8 cm³/mol. The molecule has 1 heterocycles. The molecule has 0 unspecified atom stereocenters. The summed E-state index contributed by atoms with van der Waals surface area (Å²) in [6.07, 6.45) is 0.396. The third-order valence-corrected chi connectivity index (χ3v) is 4.45. The van der Waals surface area contributed by atoms with Crippen molar-refractivity contribution in [3.05, 3.63) is 47.8 Å². The van der Waals surface area contributed by atoms with E-state index in [4.69, 9.17) is 5.14 Å². The lowest BCUT2D eigenvalue weighted by atomic mass is 10.1. The predicted octanol–water partition coefficient (Wildman–Crippen LogP) is 3.50. The van der Waals surface area contributed by atoms with Crippen LogP contribution in [0.4, 0.5) is 4.39 Å². The van der Waals surface area contributed by atoms with E-state index in [1.165, 1.54) is 6.07 Å². The maximum Gasteiger partial charge on any atom is 0.173 e. The highest BCUT2D eigenvalue weighted by Crippen LogP contribution is 2.31. The fourth-order valence-electron chi connectivity index (χ4n) is 1.97. The van der Waals surface area contributed by atoms with Crippen molar-refractivity contribution in [3.63, 3.8) is 0 Å². The fraction of sp³-hybridized carbons (Fsp3) is 0. The minimum Gasteiger partial charge on any atom is -0.504 e. The first kappa shape index (κ1) is 15.6. The second kappa shape index (κ2) is 6.45. The van der Waals surface area contributed by atoms with Gasteiger partial charge in [0.25, 0.3) is 0 Å². The molecule has 0 amide bonds. The number of nitrogens with two attached hydrogens (primary N) is 1. The van der Waals surface area contributed by atoms with Gasteiger partial charge in [-0.1, -0.05) is 0 Å². The maximum absolute atomic E-state index is 13.7. The van der Waals surface area contributed by atoms with Gasteiger partial charge in [0.2, 0.25) is 0 Å². The van der Waals surface area contributed by atoms with Crippen molar-refractivity contribution >= 4 is 29.8 Å². The number of phenolic OH excluding ortho intramolecular Hbond substituents is 1. The second-order valence-corrected chi connectivity index (χ2v) is 6.04. The molecule has 0 aliphatic rings. The first-order valence-corrected chi connectivity index (χ1v) is 8.06. The van der Waals surface area contributed by atoms with Crippen molar-refractivity contribution < 1.29 is 14.3 Å². The van der Waals surface area contributed by atoms with Crippen LogP contribution >= 0.6 is 23.5 Å². The minimum atomic E-state index is -0.870. The second-order valence-electron chi connectivity index (χ2n) is 4.58. The highest BCUT2D eigenvalue weighted by atomic mass is 32.2. The first-order valence-electron chi connectivity index (χ1n) is 6.41. The largest absolute Gasteiger partial charge is 0.504 e. The summed E-state index contributed by atoms with van der Waals surface area (Å²) in [4.78, 5) is 16.2. The number of phenols is 1. The number of halogens is 1. The average molecular weight is 347 g/mol. The number of rotatable bonds is 4. The van der Waals surface area contributed by atoms with Gasteiger partial charge < -0.3 is 5.11 Å². The summed E-state index contributed by atoms with van der Waals surface area (Å²) in [5.74, 6) is -1.03. The van der Waals surface area contributed by atoms with E-state index in [1.807, 2.05) is 24.3 Å². The number of hydrogen-bond donors (Lipinski definition) is 2. The summed E-state index contributed by atoms with van der Waals surface area (Å²) in [5.41, 5.74) is 1.07. The SMILES string of the molecule is NSc1ccc(-c2nsc(-c3cc(F)c(O)c(C=O)c3)n2)cc1. The molecule has 0 atom stereocenters. The van der Waals surface area contributed by atoms with Gasteiger partial charge in [-0.3, -0.25) is 9.93 Å². The first-order chi connectivity index (χ1) is 11.1. The van der Waals surface area contributed by atoms with Gasteiger partial charge in [-0.25, -0.2) is 9.37 Å². The molecule has 8 heteroatoms. The number of carbonyl (C=O) groups is 1. The lowest BCUT2D eigenvalue weighted by molar-refractivity contribution is 0.112. The Kier molecular flexibility index (Phi) is 4.37. The molecule has 1 aromatic heterocycles. The number of aromatic hydroxyl groups is 1. The Labute approximate surface area is 139 Å². The topological polar surface area (TPSA) is 89.1 Å². The van der Waals surface area contributed by atoms with Crippen LogP contribution in [0.15, 0.2) is 41.3 Å². The normalized spacial score (nSPS) is 10.7. The molecule has 0 spiro atoms. The molecular weight excluding hydrogens is 337 g/mol. The molecule has 5 nitrogen and oxygen atoms in total. The van der Waals surface area contributed by atoms with Crippen LogP contribution in [0.2, 0.25) is 0 Å². The molecule has 0 saturated carbocycles. The Hall–Kier alpha value is -2.29. The summed E-state index contributed by atoms with van der Waals surface area (Å²) in [7, 11) is 0. The van der Waals surface area contributed by atoms with Crippen molar-refractivity contribution in [3.8, 4) is 27.7 Å². The molecule has 3 rings (SSSR count). The van der Waals surface area contributed by atoms with E-state index in [2.05, 4.69) is 9.36 Å². The highest BCUT2D eigenvalue weighted by Gasteiger charge is 2.14. The quantitative estimate of drug-likeness (QED) is 0.555. The molecule has 0 bridgehead atoms. The average Bonchev–Trinajstić information content (AvgIpc) is 3.07. The van der Waals surface area contributed by atoms with Crippen molar-refractivity contribution in [1.29, 1.82) is 0 Å². The zero-order valence-corrected chi connectivity index (χ0v) is 13.2. The van der Waals surface area contributed by atoms with Gasteiger partial charge in [-0.05, 0) is 59.9 Å². The lowest BCUT2D eigenvalue weighted by Gasteiger charge is -2.02. The molecule has 0 radical (unpaired) electrons. The molecule has 23 heavy (non-hydrogen) atoms. The molecule has 0 aliphatic carbocycles. The van der Waals surface area contributed by atoms with Crippen molar-refractivity contribution in [2.45, 2.75) is 4.90 Å². The molecular formula is C15H10FN3O2S2. The molecule has 2 aromatic carbocycles. The van der Waals surface area contributed by atoms with Gasteiger partial charge in [-0.2, -0.15) is 4.37 Å². The number of benzene rings is 2. The maximum atomic E-state index is 13.7. The van der Waals surface area contributed by atoms with Gasteiger partial charge in [0, 0.05) is 16.0 Å². The smallest absolute Gasteiger partial charge is 0.173 e. The van der Waals surface area contributed by atoms with Crippen LogP contribution in [-0.4, -0.2) is 20.8 Å². The number of hydrogen-bond acceptors (Lipinski definition) is 7. The summed E-state index contributed by atoms with van der Waals surface area (Å²) in [6, 6.07) is 9.89. The van der Waals surface area contributed by atoms with E-state index >= 15 is 0 Å². The van der Waals surface area contributed by atoms with Gasteiger partial charge in [-0.15, -0.1) is 0 Å². The van der Waals surface area contributed by atoms with Crippen molar-refractivity contribution in [2.24, 2.45) is 5.14 Å². The molecule has 3 N–H and O–H groups in total. The Balaban J connectivity index is 1.98. The van der Waals surface area contributed by atoms with E-state index in [9.17, 15) is 14.3 Å². The van der Waals surface area contributed by atoms with Crippen LogP contribution in [0, 0.1) is 5.82 Å². The Morgan fingerprint density at radius 3 is 2.61 bits per heavy atom. The van der Waals surface area contributed by atoms with E-state index in [0.717, 1.165) is 40.0 Å². The van der Waals surface area contributed by atoms with Crippen LogP contribution in [0.1, 0.15) is 10.4 Å².